The molecule has 144 valence electrons. The van der Waals surface area contributed by atoms with Gasteiger partial charge in [-0.3, -0.25) is 14.4 Å². The summed E-state index contributed by atoms with van der Waals surface area (Å²) >= 11 is 3.33. The molecule has 1 aliphatic heterocycles. The molecular formula is C20H19BrN4O3. The maximum atomic E-state index is 12.3. The van der Waals surface area contributed by atoms with Crippen LogP contribution in [0.3, 0.4) is 0 Å². The smallest absolute Gasteiger partial charge is 0.267 e. The van der Waals surface area contributed by atoms with Gasteiger partial charge in [-0.15, -0.1) is 0 Å². The van der Waals surface area contributed by atoms with E-state index < -0.39 is 0 Å². The third-order valence-corrected chi connectivity index (χ3v) is 4.59. The summed E-state index contributed by atoms with van der Waals surface area (Å²) in [6.45, 7) is 0.180. The van der Waals surface area contributed by atoms with E-state index >= 15 is 0 Å². The lowest BCUT2D eigenvalue weighted by Crippen LogP contribution is -2.39. The van der Waals surface area contributed by atoms with Gasteiger partial charge in [-0.2, -0.15) is 5.10 Å². The van der Waals surface area contributed by atoms with Crippen LogP contribution in [0.5, 0.6) is 0 Å². The molecule has 8 heteroatoms. The number of anilines is 2. The third kappa shape index (κ3) is 5.26. The van der Waals surface area contributed by atoms with Gasteiger partial charge in [0.25, 0.3) is 5.91 Å². The Morgan fingerprint density at radius 1 is 1.04 bits per heavy atom. The predicted octanol–water partition coefficient (Wildman–Crippen LogP) is 3.08. The average Bonchev–Trinajstić information content (AvgIpc) is 2.70. The van der Waals surface area contributed by atoms with Gasteiger partial charge in [-0.1, -0.05) is 34.1 Å². The SMILES string of the molecule is O=C(CCNC(=O)C1=NN(c2ccccc2)C(=O)CC1)Nc1ccc(Br)cc1. The molecule has 0 saturated heterocycles. The number of hydrogen-bond acceptors (Lipinski definition) is 4. The highest BCUT2D eigenvalue weighted by molar-refractivity contribution is 9.10. The normalized spacial score (nSPS) is 13.7. The Balaban J connectivity index is 1.52. The van der Waals surface area contributed by atoms with Crippen LogP contribution in [0.4, 0.5) is 11.4 Å². The number of hydrazone groups is 1. The fourth-order valence-electron chi connectivity index (χ4n) is 2.64. The van der Waals surface area contributed by atoms with E-state index in [4.69, 9.17) is 0 Å². The van der Waals surface area contributed by atoms with E-state index in [9.17, 15) is 14.4 Å². The first-order valence-corrected chi connectivity index (χ1v) is 9.61. The molecule has 0 aliphatic carbocycles. The molecule has 0 bridgehead atoms. The van der Waals surface area contributed by atoms with Crippen LogP contribution in [0.2, 0.25) is 0 Å². The van der Waals surface area contributed by atoms with Crippen molar-refractivity contribution in [3.63, 3.8) is 0 Å². The Morgan fingerprint density at radius 2 is 1.75 bits per heavy atom. The van der Waals surface area contributed by atoms with E-state index in [2.05, 4.69) is 31.7 Å². The predicted molar refractivity (Wildman–Crippen MR) is 111 cm³/mol. The van der Waals surface area contributed by atoms with E-state index in [1.807, 2.05) is 18.2 Å². The highest BCUT2D eigenvalue weighted by atomic mass is 79.9. The van der Waals surface area contributed by atoms with Crippen molar-refractivity contribution in [2.24, 2.45) is 5.10 Å². The number of nitrogens with zero attached hydrogens (tertiary/aromatic N) is 2. The summed E-state index contributed by atoms with van der Waals surface area (Å²) in [5.74, 6) is -0.726. The van der Waals surface area contributed by atoms with Crippen molar-refractivity contribution in [1.29, 1.82) is 0 Å². The van der Waals surface area contributed by atoms with Crippen LogP contribution in [-0.2, 0) is 14.4 Å². The number of nitrogens with one attached hydrogen (secondary N) is 2. The lowest BCUT2D eigenvalue weighted by atomic mass is 10.1. The number of para-hydroxylation sites is 1. The molecule has 0 unspecified atom stereocenters. The first-order valence-electron chi connectivity index (χ1n) is 8.82. The van der Waals surface area contributed by atoms with Gasteiger partial charge in [0.2, 0.25) is 11.8 Å². The zero-order valence-electron chi connectivity index (χ0n) is 15.0. The summed E-state index contributed by atoms with van der Waals surface area (Å²) in [6.07, 6.45) is 0.626. The van der Waals surface area contributed by atoms with Crippen molar-refractivity contribution in [1.82, 2.24) is 5.32 Å². The zero-order valence-corrected chi connectivity index (χ0v) is 16.6. The largest absolute Gasteiger partial charge is 0.350 e. The third-order valence-electron chi connectivity index (χ3n) is 4.06. The number of carbonyl (C=O) groups excluding carboxylic acids is 3. The Hall–Kier alpha value is -3.00. The molecule has 0 saturated carbocycles. The van der Waals surface area contributed by atoms with Gasteiger partial charge in [0.1, 0.15) is 5.71 Å². The minimum atomic E-state index is -0.370. The molecule has 3 rings (SSSR count). The summed E-state index contributed by atoms with van der Waals surface area (Å²) < 4.78 is 0.925. The van der Waals surface area contributed by atoms with E-state index in [0.717, 1.165) is 4.47 Å². The Bertz CT molecular complexity index is 897. The summed E-state index contributed by atoms with van der Waals surface area (Å²) in [5, 5.41) is 10.9. The molecule has 0 aromatic heterocycles. The monoisotopic (exact) mass is 442 g/mol. The van der Waals surface area contributed by atoms with Crippen molar-refractivity contribution in [3.05, 3.63) is 59.1 Å². The fourth-order valence-corrected chi connectivity index (χ4v) is 2.90. The van der Waals surface area contributed by atoms with Gasteiger partial charge in [-0.05, 0) is 36.4 Å². The summed E-state index contributed by atoms with van der Waals surface area (Å²) in [6, 6.07) is 16.2. The molecule has 0 spiro atoms. The Morgan fingerprint density at radius 3 is 2.46 bits per heavy atom. The minimum Gasteiger partial charge on any atom is -0.350 e. The molecule has 7 nitrogen and oxygen atoms in total. The van der Waals surface area contributed by atoms with Gasteiger partial charge in [-0.25, -0.2) is 5.01 Å². The van der Waals surface area contributed by atoms with Crippen molar-refractivity contribution in [2.75, 3.05) is 16.9 Å². The minimum absolute atomic E-state index is 0.135. The van der Waals surface area contributed by atoms with Crippen molar-refractivity contribution in [3.8, 4) is 0 Å². The number of amides is 3. The number of benzene rings is 2. The molecule has 0 fully saturated rings. The van der Waals surface area contributed by atoms with Crippen LogP contribution in [0.25, 0.3) is 0 Å². The second-order valence-corrected chi connectivity index (χ2v) is 7.06. The van der Waals surface area contributed by atoms with Crippen LogP contribution in [0.15, 0.2) is 64.2 Å². The molecule has 1 heterocycles. The quantitative estimate of drug-likeness (QED) is 0.719. The summed E-state index contributed by atoms with van der Waals surface area (Å²) in [4.78, 5) is 36.4. The van der Waals surface area contributed by atoms with Crippen LogP contribution in [0, 0.1) is 0 Å². The molecule has 3 amide bonds. The second-order valence-electron chi connectivity index (χ2n) is 6.15. The van der Waals surface area contributed by atoms with Gasteiger partial charge in [0.15, 0.2) is 0 Å². The lowest BCUT2D eigenvalue weighted by molar-refractivity contribution is -0.119. The van der Waals surface area contributed by atoms with E-state index in [-0.39, 0.29) is 49.2 Å². The van der Waals surface area contributed by atoms with Crippen molar-refractivity contribution >= 4 is 50.7 Å². The molecule has 1 aliphatic rings. The number of carbonyl (C=O) groups is 3. The van der Waals surface area contributed by atoms with Gasteiger partial charge >= 0.3 is 0 Å². The molecule has 2 aromatic carbocycles. The van der Waals surface area contributed by atoms with Gasteiger partial charge < -0.3 is 10.6 Å². The molecule has 0 radical (unpaired) electrons. The van der Waals surface area contributed by atoms with E-state index in [1.165, 1.54) is 5.01 Å². The second kappa shape index (κ2) is 9.27. The standard InChI is InChI=1S/C20H19BrN4O3/c21-14-6-8-15(9-7-14)23-18(26)12-13-22-20(28)17-10-11-19(27)25(24-17)16-4-2-1-3-5-16/h1-9H,10-13H2,(H,22,28)(H,23,26). The fraction of sp³-hybridized carbons (Fsp3) is 0.200. The highest BCUT2D eigenvalue weighted by Gasteiger charge is 2.25. The van der Waals surface area contributed by atoms with Crippen LogP contribution < -0.4 is 15.6 Å². The van der Waals surface area contributed by atoms with Crippen molar-refractivity contribution in [2.45, 2.75) is 19.3 Å². The van der Waals surface area contributed by atoms with Crippen molar-refractivity contribution < 1.29 is 14.4 Å². The van der Waals surface area contributed by atoms with Gasteiger partial charge in [0.05, 0.1) is 5.69 Å². The first kappa shape index (κ1) is 19.8. The Labute approximate surface area is 170 Å². The van der Waals surface area contributed by atoms with Crippen LogP contribution >= 0.6 is 15.9 Å². The average molecular weight is 443 g/mol. The molecule has 2 aromatic rings. The summed E-state index contributed by atoms with van der Waals surface area (Å²) in [5.41, 5.74) is 1.58. The first-order chi connectivity index (χ1) is 13.5. The summed E-state index contributed by atoms with van der Waals surface area (Å²) in [7, 11) is 0. The molecule has 0 atom stereocenters. The lowest BCUT2D eigenvalue weighted by Gasteiger charge is -2.23. The maximum Gasteiger partial charge on any atom is 0.267 e. The number of halogens is 1. The molecule has 2 N–H and O–H groups in total. The number of rotatable bonds is 6. The molecular weight excluding hydrogens is 424 g/mol. The van der Waals surface area contributed by atoms with E-state index in [1.54, 1.807) is 36.4 Å². The Kier molecular flexibility index (Phi) is 6.54. The van der Waals surface area contributed by atoms with Gasteiger partial charge in [0, 0.05) is 36.0 Å². The molecule has 28 heavy (non-hydrogen) atoms. The van der Waals surface area contributed by atoms with Crippen LogP contribution in [0.1, 0.15) is 19.3 Å². The zero-order chi connectivity index (χ0) is 19.9. The maximum absolute atomic E-state index is 12.3. The van der Waals surface area contributed by atoms with E-state index in [0.29, 0.717) is 11.4 Å². The topological polar surface area (TPSA) is 90.9 Å². The number of hydrogen-bond donors (Lipinski definition) is 2. The highest BCUT2D eigenvalue weighted by Crippen LogP contribution is 2.19. The van der Waals surface area contributed by atoms with Crippen LogP contribution in [-0.4, -0.2) is 30.0 Å².